The lowest BCUT2D eigenvalue weighted by Gasteiger charge is -2.05. The first-order chi connectivity index (χ1) is 16.1. The molecule has 1 N–H and O–H groups in total. The minimum absolute atomic E-state index is 0.322. The summed E-state index contributed by atoms with van der Waals surface area (Å²) in [5.74, 6) is 1.09. The molecular formula is C28H25BrO4. The van der Waals surface area contributed by atoms with E-state index in [0.29, 0.717) is 17.9 Å². The van der Waals surface area contributed by atoms with E-state index in [0.717, 1.165) is 34.8 Å². The van der Waals surface area contributed by atoms with Gasteiger partial charge in [-0.3, -0.25) is 9.59 Å². The van der Waals surface area contributed by atoms with Crippen LogP contribution in [0.1, 0.15) is 31.8 Å². The van der Waals surface area contributed by atoms with E-state index in [-0.39, 0.29) is 0 Å². The molecule has 0 saturated carbocycles. The third kappa shape index (κ3) is 10.4. The standard InChI is InChI=1S/C14H12O2.C8H7BrO.C6H6O/c15-10-12-6-8-14(9-7-12)16-11-13-4-2-1-3-5-13;9-5-7-1-3-8(6-10)4-2-7;7-6-4-2-1-3-5-6/h1-10H,11H2;1-4,6H,5H2;1-5,7H. The second-order valence-corrected chi connectivity index (χ2v) is 7.35. The lowest BCUT2D eigenvalue weighted by molar-refractivity contribution is 0.111. The number of para-hydroxylation sites is 1. The predicted octanol–water partition coefficient (Wildman–Crippen LogP) is 6.86. The minimum Gasteiger partial charge on any atom is -0.508 e. The van der Waals surface area contributed by atoms with Gasteiger partial charge >= 0.3 is 0 Å². The van der Waals surface area contributed by atoms with Crippen molar-refractivity contribution >= 4 is 28.5 Å². The first-order valence-electron chi connectivity index (χ1n) is 10.2. The smallest absolute Gasteiger partial charge is 0.150 e. The van der Waals surface area contributed by atoms with Gasteiger partial charge in [0.15, 0.2) is 0 Å². The Balaban J connectivity index is 0.000000193. The van der Waals surface area contributed by atoms with Crippen LogP contribution < -0.4 is 4.74 Å². The number of hydrogen-bond acceptors (Lipinski definition) is 4. The molecule has 4 aromatic rings. The van der Waals surface area contributed by atoms with Gasteiger partial charge in [0, 0.05) is 16.5 Å². The van der Waals surface area contributed by atoms with Crippen molar-refractivity contribution in [2.24, 2.45) is 0 Å². The maximum absolute atomic E-state index is 10.5. The van der Waals surface area contributed by atoms with Crippen molar-refractivity contribution in [3.8, 4) is 11.5 Å². The maximum Gasteiger partial charge on any atom is 0.150 e. The monoisotopic (exact) mass is 504 g/mol. The molecule has 4 rings (SSSR count). The summed E-state index contributed by atoms with van der Waals surface area (Å²) in [6.45, 7) is 0.543. The van der Waals surface area contributed by atoms with Crippen molar-refractivity contribution in [2.45, 2.75) is 11.9 Å². The Morgan fingerprint density at radius 2 is 1.12 bits per heavy atom. The Hall–Kier alpha value is -3.70. The van der Waals surface area contributed by atoms with Crippen molar-refractivity contribution in [1.29, 1.82) is 0 Å². The number of phenols is 1. The number of phenolic OH excluding ortho intramolecular Hbond substituents is 1. The normalized spacial score (nSPS) is 9.36. The number of alkyl halides is 1. The Labute approximate surface area is 202 Å². The van der Waals surface area contributed by atoms with E-state index >= 15 is 0 Å². The first kappa shape index (κ1) is 25.6. The molecule has 0 unspecified atom stereocenters. The van der Waals surface area contributed by atoms with Crippen molar-refractivity contribution in [1.82, 2.24) is 0 Å². The SMILES string of the molecule is O=Cc1ccc(CBr)cc1.O=Cc1ccc(OCc2ccccc2)cc1.Oc1ccccc1. The zero-order chi connectivity index (χ0) is 23.7. The second-order valence-electron chi connectivity index (χ2n) is 6.79. The Morgan fingerprint density at radius 1 is 0.636 bits per heavy atom. The molecule has 4 nitrogen and oxygen atoms in total. The molecule has 0 radical (unpaired) electrons. The van der Waals surface area contributed by atoms with Gasteiger partial charge in [0.25, 0.3) is 0 Å². The number of ether oxygens (including phenoxy) is 1. The molecule has 0 spiro atoms. The number of halogens is 1. The van der Waals surface area contributed by atoms with Crippen LogP contribution in [0, 0.1) is 0 Å². The minimum atomic E-state index is 0.322. The average molecular weight is 505 g/mol. The zero-order valence-electron chi connectivity index (χ0n) is 18.0. The number of hydrogen-bond donors (Lipinski definition) is 1. The third-order valence-corrected chi connectivity index (χ3v) is 4.94. The summed E-state index contributed by atoms with van der Waals surface area (Å²) in [6.07, 6.45) is 1.67. The Kier molecular flexibility index (Phi) is 11.7. The van der Waals surface area contributed by atoms with Crippen LogP contribution in [-0.4, -0.2) is 17.7 Å². The summed E-state index contributed by atoms with van der Waals surface area (Å²) in [4.78, 5) is 20.7. The van der Waals surface area contributed by atoms with E-state index in [1.54, 1.807) is 48.5 Å². The molecule has 0 amide bonds. The van der Waals surface area contributed by atoms with Gasteiger partial charge in [-0.05, 0) is 47.5 Å². The summed E-state index contributed by atoms with van der Waals surface area (Å²) in [5, 5.41) is 9.47. The van der Waals surface area contributed by atoms with E-state index in [4.69, 9.17) is 9.84 Å². The van der Waals surface area contributed by atoms with E-state index in [9.17, 15) is 9.59 Å². The van der Waals surface area contributed by atoms with Crippen LogP contribution in [0.3, 0.4) is 0 Å². The molecule has 0 saturated heterocycles. The van der Waals surface area contributed by atoms with Crippen LogP contribution in [0.25, 0.3) is 0 Å². The van der Waals surface area contributed by atoms with Crippen molar-refractivity contribution in [3.05, 3.63) is 131 Å². The van der Waals surface area contributed by atoms with E-state index in [1.165, 1.54) is 5.56 Å². The fraction of sp³-hybridized carbons (Fsp3) is 0.0714. The van der Waals surface area contributed by atoms with Gasteiger partial charge in [-0.1, -0.05) is 88.7 Å². The largest absolute Gasteiger partial charge is 0.508 e. The second kappa shape index (κ2) is 15.2. The lowest BCUT2D eigenvalue weighted by atomic mass is 10.2. The number of benzene rings is 4. The molecule has 0 atom stereocenters. The van der Waals surface area contributed by atoms with Crippen molar-refractivity contribution < 1.29 is 19.4 Å². The van der Waals surface area contributed by atoms with Crippen LogP contribution in [0.15, 0.2) is 109 Å². The fourth-order valence-electron chi connectivity index (χ4n) is 2.50. The van der Waals surface area contributed by atoms with Crippen LogP contribution in [0.2, 0.25) is 0 Å². The molecule has 0 fully saturated rings. The van der Waals surface area contributed by atoms with Crippen LogP contribution in [0.5, 0.6) is 11.5 Å². The summed E-state index contributed by atoms with van der Waals surface area (Å²) >= 11 is 3.32. The Bertz CT molecular complexity index is 1060. The van der Waals surface area contributed by atoms with Gasteiger partial charge < -0.3 is 9.84 Å². The van der Waals surface area contributed by atoms with Crippen molar-refractivity contribution in [3.63, 3.8) is 0 Å². The lowest BCUT2D eigenvalue weighted by Crippen LogP contribution is -1.94. The van der Waals surface area contributed by atoms with Gasteiger partial charge in [0.1, 0.15) is 30.7 Å². The quantitative estimate of drug-likeness (QED) is 0.230. The summed E-state index contributed by atoms with van der Waals surface area (Å²) in [7, 11) is 0. The van der Waals surface area contributed by atoms with Gasteiger partial charge in [-0.2, -0.15) is 0 Å². The third-order valence-electron chi connectivity index (χ3n) is 4.29. The molecule has 0 aromatic heterocycles. The molecular weight excluding hydrogens is 480 g/mol. The maximum atomic E-state index is 10.5. The highest BCUT2D eigenvalue weighted by atomic mass is 79.9. The van der Waals surface area contributed by atoms with Gasteiger partial charge in [0.05, 0.1) is 0 Å². The highest BCUT2D eigenvalue weighted by molar-refractivity contribution is 9.08. The molecule has 0 aliphatic heterocycles. The molecule has 0 aliphatic rings. The van der Waals surface area contributed by atoms with Gasteiger partial charge in [-0.25, -0.2) is 0 Å². The fourth-order valence-corrected chi connectivity index (χ4v) is 2.87. The molecule has 4 aromatic carbocycles. The first-order valence-corrected chi connectivity index (χ1v) is 11.3. The number of rotatable bonds is 6. The zero-order valence-corrected chi connectivity index (χ0v) is 19.6. The predicted molar refractivity (Wildman–Crippen MR) is 135 cm³/mol. The molecule has 33 heavy (non-hydrogen) atoms. The average Bonchev–Trinajstić information content (AvgIpc) is 2.89. The topological polar surface area (TPSA) is 63.6 Å². The number of aldehydes is 2. The number of carbonyl (C=O) groups excluding carboxylic acids is 2. The molecule has 168 valence electrons. The molecule has 0 bridgehead atoms. The van der Waals surface area contributed by atoms with Gasteiger partial charge in [0.2, 0.25) is 0 Å². The van der Waals surface area contributed by atoms with Crippen LogP contribution in [-0.2, 0) is 11.9 Å². The molecule has 0 heterocycles. The van der Waals surface area contributed by atoms with E-state index < -0.39 is 0 Å². The molecule has 0 aliphatic carbocycles. The summed E-state index contributed by atoms with van der Waals surface area (Å²) in [5.41, 5.74) is 3.70. The number of aromatic hydroxyl groups is 1. The van der Waals surface area contributed by atoms with Crippen LogP contribution in [0.4, 0.5) is 0 Å². The summed E-state index contributed by atoms with van der Waals surface area (Å²) in [6, 6.07) is 33.2. The van der Waals surface area contributed by atoms with Crippen LogP contribution >= 0.6 is 15.9 Å². The van der Waals surface area contributed by atoms with Gasteiger partial charge in [-0.15, -0.1) is 0 Å². The Morgan fingerprint density at radius 3 is 1.55 bits per heavy atom. The molecule has 5 heteroatoms. The van der Waals surface area contributed by atoms with E-state index in [1.807, 2.05) is 60.7 Å². The van der Waals surface area contributed by atoms with E-state index in [2.05, 4.69) is 15.9 Å². The highest BCUT2D eigenvalue weighted by Gasteiger charge is 1.95. The number of carbonyl (C=O) groups is 2. The van der Waals surface area contributed by atoms with Crippen molar-refractivity contribution in [2.75, 3.05) is 0 Å². The summed E-state index contributed by atoms with van der Waals surface area (Å²) < 4.78 is 5.58. The highest BCUT2D eigenvalue weighted by Crippen LogP contribution is 2.13.